The number of β-amino-alcohol motifs (C(OH)–C–C–N with tert-alkyl or cyclic N) is 2. The number of nitrogens with zero attached hydrogens (tertiary/aromatic N) is 1. The van der Waals surface area contributed by atoms with Gasteiger partial charge in [0.25, 0.3) is 0 Å². The van der Waals surface area contributed by atoms with E-state index in [0.717, 1.165) is 12.8 Å². The van der Waals surface area contributed by atoms with E-state index in [1.807, 2.05) is 0 Å². The lowest BCUT2D eigenvalue weighted by Crippen LogP contribution is -2.40. The average Bonchev–Trinajstić information content (AvgIpc) is 2.86. The molecule has 1 amide bonds. The minimum atomic E-state index is -0.782. The zero-order chi connectivity index (χ0) is 11.5. The summed E-state index contributed by atoms with van der Waals surface area (Å²) in [5.41, 5.74) is 0. The van der Waals surface area contributed by atoms with Gasteiger partial charge in [0.2, 0.25) is 5.91 Å². The Balaban J connectivity index is 1.71. The van der Waals surface area contributed by atoms with Crippen molar-refractivity contribution in [1.29, 1.82) is 0 Å². The highest BCUT2D eigenvalue weighted by atomic mass is 16.3. The smallest absolute Gasteiger partial charge is 0.236 e. The molecule has 1 saturated heterocycles. The quantitative estimate of drug-likeness (QED) is 0.584. The van der Waals surface area contributed by atoms with E-state index in [0.29, 0.717) is 12.6 Å². The predicted molar refractivity (Wildman–Crippen MR) is 58.9 cm³/mol. The first kappa shape index (κ1) is 11.8. The molecule has 0 spiro atoms. The van der Waals surface area contributed by atoms with Gasteiger partial charge in [-0.15, -0.1) is 0 Å². The lowest BCUT2D eigenvalue weighted by Gasteiger charge is -2.17. The van der Waals surface area contributed by atoms with Crippen LogP contribution in [0, 0.1) is 0 Å². The summed E-state index contributed by atoms with van der Waals surface area (Å²) >= 11 is 0. The van der Waals surface area contributed by atoms with Crippen LogP contribution in [0.2, 0.25) is 0 Å². The van der Waals surface area contributed by atoms with Crippen LogP contribution in [0.15, 0.2) is 0 Å². The van der Waals surface area contributed by atoms with Crippen molar-refractivity contribution in [2.24, 2.45) is 0 Å². The Morgan fingerprint density at radius 3 is 2.31 bits per heavy atom. The molecular weight excluding hydrogens is 208 g/mol. The number of carbonyl (C=O) groups excluding carboxylic acids is 1. The summed E-state index contributed by atoms with van der Waals surface area (Å²) < 4.78 is 0. The molecule has 2 rings (SSSR count). The van der Waals surface area contributed by atoms with E-state index in [2.05, 4.69) is 5.32 Å². The second-order valence-corrected chi connectivity index (χ2v) is 4.80. The molecule has 2 fully saturated rings. The molecule has 0 aromatic heterocycles. The van der Waals surface area contributed by atoms with Crippen molar-refractivity contribution in [3.05, 3.63) is 0 Å². The first-order valence-electron chi connectivity index (χ1n) is 6.04. The van der Waals surface area contributed by atoms with Crippen LogP contribution in [0.25, 0.3) is 0 Å². The van der Waals surface area contributed by atoms with Crippen LogP contribution in [0.4, 0.5) is 0 Å². The lowest BCUT2D eigenvalue weighted by atomic mass is 10.2. The average molecular weight is 228 g/mol. The maximum atomic E-state index is 11.7. The Kier molecular flexibility index (Phi) is 3.78. The highest BCUT2D eigenvalue weighted by molar-refractivity contribution is 5.78. The topological polar surface area (TPSA) is 72.8 Å². The predicted octanol–water partition coefficient (Wildman–Crippen LogP) is -0.917. The molecule has 0 radical (unpaired) electrons. The molecule has 92 valence electrons. The third-order valence-corrected chi connectivity index (χ3v) is 3.51. The maximum absolute atomic E-state index is 11.7. The minimum Gasteiger partial charge on any atom is -0.388 e. The summed E-state index contributed by atoms with van der Waals surface area (Å²) in [7, 11) is 0. The zero-order valence-electron chi connectivity index (χ0n) is 9.43. The van der Waals surface area contributed by atoms with Gasteiger partial charge in [-0.05, 0) is 12.8 Å². The summed E-state index contributed by atoms with van der Waals surface area (Å²) in [6.07, 6.45) is 3.22. The zero-order valence-corrected chi connectivity index (χ0v) is 9.43. The second-order valence-electron chi connectivity index (χ2n) is 4.80. The van der Waals surface area contributed by atoms with Crippen LogP contribution in [0.1, 0.15) is 25.7 Å². The van der Waals surface area contributed by atoms with Gasteiger partial charge in [0, 0.05) is 19.1 Å². The summed E-state index contributed by atoms with van der Waals surface area (Å²) in [5, 5.41) is 21.9. The van der Waals surface area contributed by atoms with Crippen LogP contribution >= 0.6 is 0 Å². The third-order valence-electron chi connectivity index (χ3n) is 3.51. The molecule has 0 unspecified atom stereocenters. The normalized spacial score (nSPS) is 31.2. The number of hydrogen-bond acceptors (Lipinski definition) is 4. The molecule has 1 heterocycles. The number of amides is 1. The van der Waals surface area contributed by atoms with Crippen LogP contribution in [0.3, 0.4) is 0 Å². The van der Waals surface area contributed by atoms with Crippen molar-refractivity contribution >= 4 is 5.91 Å². The van der Waals surface area contributed by atoms with Crippen LogP contribution in [0.5, 0.6) is 0 Å². The summed E-state index contributed by atoms with van der Waals surface area (Å²) in [4.78, 5) is 13.3. The van der Waals surface area contributed by atoms with Crippen molar-refractivity contribution < 1.29 is 15.0 Å². The molecule has 0 bridgehead atoms. The van der Waals surface area contributed by atoms with E-state index in [-0.39, 0.29) is 19.0 Å². The Labute approximate surface area is 95.4 Å². The van der Waals surface area contributed by atoms with Crippen molar-refractivity contribution in [3.63, 3.8) is 0 Å². The SMILES string of the molecule is O=C(CNC1CCCC1)N1C[C@@H](O)[C@@H](O)C1. The van der Waals surface area contributed by atoms with E-state index in [1.165, 1.54) is 17.7 Å². The van der Waals surface area contributed by atoms with Crippen molar-refractivity contribution in [3.8, 4) is 0 Å². The molecule has 1 aliphatic carbocycles. The summed E-state index contributed by atoms with van der Waals surface area (Å²) in [5.74, 6) is -0.0255. The lowest BCUT2D eigenvalue weighted by molar-refractivity contribution is -0.129. The molecule has 3 N–H and O–H groups in total. The highest BCUT2D eigenvalue weighted by Gasteiger charge is 2.32. The molecule has 16 heavy (non-hydrogen) atoms. The van der Waals surface area contributed by atoms with Crippen LogP contribution in [-0.2, 0) is 4.79 Å². The van der Waals surface area contributed by atoms with E-state index < -0.39 is 12.2 Å². The van der Waals surface area contributed by atoms with Gasteiger partial charge >= 0.3 is 0 Å². The fourth-order valence-electron chi connectivity index (χ4n) is 2.45. The molecular formula is C11H20N2O3. The van der Waals surface area contributed by atoms with Gasteiger partial charge in [0.05, 0.1) is 18.8 Å². The number of rotatable bonds is 3. The fourth-order valence-corrected chi connectivity index (χ4v) is 2.45. The van der Waals surface area contributed by atoms with Crippen molar-refractivity contribution in [1.82, 2.24) is 10.2 Å². The Morgan fingerprint density at radius 2 is 1.75 bits per heavy atom. The largest absolute Gasteiger partial charge is 0.388 e. The number of nitrogens with one attached hydrogen (secondary N) is 1. The summed E-state index contributed by atoms with van der Waals surface area (Å²) in [6.45, 7) is 0.836. The fraction of sp³-hybridized carbons (Fsp3) is 0.909. The number of aliphatic hydroxyl groups is 2. The van der Waals surface area contributed by atoms with E-state index in [1.54, 1.807) is 0 Å². The van der Waals surface area contributed by atoms with Crippen LogP contribution in [-0.4, -0.2) is 58.9 Å². The molecule has 2 aliphatic rings. The number of carbonyl (C=O) groups is 1. The van der Waals surface area contributed by atoms with Gasteiger partial charge in [0.1, 0.15) is 0 Å². The standard InChI is InChI=1S/C11H20N2O3/c14-9-6-13(7-10(9)15)11(16)5-12-8-3-1-2-4-8/h8-10,12,14-15H,1-7H2/t9-,10+. The monoisotopic (exact) mass is 228 g/mol. The van der Waals surface area contributed by atoms with E-state index in [9.17, 15) is 15.0 Å². The molecule has 0 aromatic carbocycles. The van der Waals surface area contributed by atoms with E-state index >= 15 is 0 Å². The Bertz CT molecular complexity index is 244. The van der Waals surface area contributed by atoms with Gasteiger partial charge in [-0.2, -0.15) is 0 Å². The number of hydrogen-bond donors (Lipinski definition) is 3. The third kappa shape index (κ3) is 2.72. The van der Waals surface area contributed by atoms with Crippen LogP contribution < -0.4 is 5.32 Å². The minimum absolute atomic E-state index is 0.0255. The first-order valence-corrected chi connectivity index (χ1v) is 6.04. The van der Waals surface area contributed by atoms with Gasteiger partial charge in [0.15, 0.2) is 0 Å². The Morgan fingerprint density at radius 1 is 1.19 bits per heavy atom. The molecule has 1 aliphatic heterocycles. The molecule has 0 aromatic rings. The van der Waals surface area contributed by atoms with Gasteiger partial charge in [-0.1, -0.05) is 12.8 Å². The highest BCUT2D eigenvalue weighted by Crippen LogP contribution is 2.17. The second kappa shape index (κ2) is 5.12. The maximum Gasteiger partial charge on any atom is 0.236 e. The van der Waals surface area contributed by atoms with Gasteiger partial charge < -0.3 is 20.4 Å². The molecule has 5 nitrogen and oxygen atoms in total. The molecule has 2 atom stereocenters. The van der Waals surface area contributed by atoms with Gasteiger partial charge in [-0.3, -0.25) is 4.79 Å². The van der Waals surface area contributed by atoms with Crippen molar-refractivity contribution in [2.45, 2.75) is 43.9 Å². The number of aliphatic hydroxyl groups excluding tert-OH is 2. The number of likely N-dealkylation sites (tertiary alicyclic amines) is 1. The first-order chi connectivity index (χ1) is 7.66. The van der Waals surface area contributed by atoms with E-state index in [4.69, 9.17) is 0 Å². The Hall–Kier alpha value is -0.650. The van der Waals surface area contributed by atoms with Crippen molar-refractivity contribution in [2.75, 3.05) is 19.6 Å². The van der Waals surface area contributed by atoms with Gasteiger partial charge in [-0.25, -0.2) is 0 Å². The molecule has 5 heteroatoms. The molecule has 1 saturated carbocycles. The summed E-state index contributed by atoms with van der Waals surface area (Å²) in [6, 6.07) is 0.474.